The van der Waals surface area contributed by atoms with Crippen molar-refractivity contribution in [3.63, 3.8) is 0 Å². The van der Waals surface area contributed by atoms with Crippen molar-refractivity contribution in [1.82, 2.24) is 5.32 Å². The summed E-state index contributed by atoms with van der Waals surface area (Å²) in [4.78, 5) is 12.4. The number of benzene rings is 3. The van der Waals surface area contributed by atoms with Crippen molar-refractivity contribution in [2.75, 3.05) is 6.61 Å². The van der Waals surface area contributed by atoms with Crippen LogP contribution in [0, 0.1) is 46.5 Å². The average Bonchev–Trinajstić information content (AvgIpc) is 3.26. The summed E-state index contributed by atoms with van der Waals surface area (Å²) in [5, 5.41) is 2.72. The minimum Gasteiger partial charge on any atom is -0.468 e. The molecule has 0 saturated carbocycles. The number of carbonyl (C=O) groups is 1. The molecule has 3 aromatic rings. The van der Waals surface area contributed by atoms with E-state index in [-0.39, 0.29) is 39.9 Å². The van der Waals surface area contributed by atoms with E-state index in [9.17, 15) is 4.79 Å². The molecule has 0 unspecified atom stereocenters. The van der Waals surface area contributed by atoms with E-state index in [1.54, 1.807) is 6.54 Å². The summed E-state index contributed by atoms with van der Waals surface area (Å²) in [6.45, 7) is 8.55. The molecule has 1 N–H and O–H groups in total. The Morgan fingerprint density at radius 1 is 0.775 bits per heavy atom. The van der Waals surface area contributed by atoms with Gasteiger partial charge in [0.15, 0.2) is 0 Å². The van der Waals surface area contributed by atoms with Crippen LogP contribution in [0.2, 0.25) is 0 Å². The van der Waals surface area contributed by atoms with Crippen LogP contribution in [0.15, 0.2) is 91.0 Å². The molecule has 0 spiro atoms. The fraction of sp³-hybridized carbons (Fsp3) is 0.375. The second kappa shape index (κ2) is 16.5. The summed E-state index contributed by atoms with van der Waals surface area (Å²) >= 11 is 0. The molecule has 3 aromatic carbocycles. The fourth-order valence-corrected chi connectivity index (χ4v) is 4.27. The number of hydrogen-bond donors (Lipinski definition) is 1. The molecule has 212 valence electrons. The van der Waals surface area contributed by atoms with Crippen molar-refractivity contribution < 1.29 is 68.4 Å². The fourth-order valence-electron chi connectivity index (χ4n) is 4.27. The zero-order valence-corrected chi connectivity index (χ0v) is 27.4. The molecule has 1 saturated heterocycles. The minimum absolute atomic E-state index is 0. The molecule has 40 heavy (non-hydrogen) atoms. The van der Waals surface area contributed by atoms with Gasteiger partial charge in [-0.3, -0.25) is 0 Å². The van der Waals surface area contributed by atoms with Gasteiger partial charge < -0.3 is 29.0 Å². The minimum atomic E-state index is -0.618. The van der Waals surface area contributed by atoms with Crippen molar-refractivity contribution in [3.8, 4) is 0 Å². The summed E-state index contributed by atoms with van der Waals surface area (Å²) in [6, 6.07) is 29.9. The van der Waals surface area contributed by atoms with Crippen molar-refractivity contribution in [1.29, 1.82) is 0 Å². The summed E-state index contributed by atoms with van der Waals surface area (Å²) in [6.07, 6.45) is -2.48. The number of alkyl carbamates (subject to hydrolysis) is 1. The van der Waals surface area contributed by atoms with E-state index in [0.717, 1.165) is 16.7 Å². The molecular weight excluding hydrogens is 726 g/mol. The van der Waals surface area contributed by atoms with E-state index < -0.39 is 36.1 Å². The van der Waals surface area contributed by atoms with Crippen LogP contribution in [0.1, 0.15) is 37.5 Å². The molecule has 1 heterocycles. The predicted molar refractivity (Wildman–Crippen MR) is 148 cm³/mol. The number of ether oxygens (including phenoxy) is 5. The summed E-state index contributed by atoms with van der Waals surface area (Å²) in [7, 11) is 0. The number of rotatable bonds is 12. The first-order valence-corrected chi connectivity index (χ1v) is 13.3. The van der Waals surface area contributed by atoms with Crippen LogP contribution in [0.3, 0.4) is 0 Å². The third kappa shape index (κ3) is 10.8. The standard InChI is InChI=1S/C32H38NO6.Th/c1-32(2,3)39-31(34)33-19-27-29(36-21-25-15-9-5-10-16-25)30(37-22-26-17-11-6-12-18-26)28(38-27)23-35-20-24-13-7-4-8-14-24;/h4-19,27-30H,20-23H2,1-3H3,(H,33,34);/q-1;/t27-,28+,29+,30+;/m0./s1. The molecule has 1 amide bonds. The molecular formula is C32H38NO6Th-. The molecule has 0 aromatic heterocycles. The molecule has 1 fully saturated rings. The first-order valence-electron chi connectivity index (χ1n) is 13.3. The van der Waals surface area contributed by atoms with E-state index in [1.165, 1.54) is 0 Å². The summed E-state index contributed by atoms with van der Waals surface area (Å²) < 4.78 is 30.7. The van der Waals surface area contributed by atoms with Gasteiger partial charge in [0.2, 0.25) is 0 Å². The first kappa shape index (κ1) is 32.6. The maximum Gasteiger partial charge on any atom is 0.378 e. The SMILES string of the molecule is CC(C)(C)OC(=O)N[CH-][C@@H]1O[C@H](COCc2ccccc2)[C@@H](OCc2ccccc2)[C@@H]1OCc1ccccc1.[Th]. The van der Waals surface area contributed by atoms with E-state index >= 15 is 0 Å². The van der Waals surface area contributed by atoms with Gasteiger partial charge in [-0.15, -0.1) is 0 Å². The maximum absolute atomic E-state index is 12.4. The Morgan fingerprint density at radius 2 is 1.25 bits per heavy atom. The van der Waals surface area contributed by atoms with Gasteiger partial charge in [-0.05, 0) is 43.6 Å². The Bertz CT molecular complexity index is 1130. The van der Waals surface area contributed by atoms with Crippen LogP contribution in [0.25, 0.3) is 0 Å². The molecule has 4 atom stereocenters. The number of nitrogens with one attached hydrogen (secondary N) is 1. The number of carbonyl (C=O) groups excluding carboxylic acids is 1. The monoisotopic (exact) mass is 764 g/mol. The second-order valence-corrected chi connectivity index (χ2v) is 10.5. The third-order valence-electron chi connectivity index (χ3n) is 6.07. The first-order chi connectivity index (χ1) is 18.9. The molecule has 4 rings (SSSR count). The van der Waals surface area contributed by atoms with Gasteiger partial charge in [-0.25, -0.2) is 11.3 Å². The van der Waals surface area contributed by atoms with Gasteiger partial charge in [-0.2, -0.15) is 0 Å². The van der Waals surface area contributed by atoms with Crippen LogP contribution in [0.4, 0.5) is 4.79 Å². The van der Waals surface area contributed by atoms with Crippen LogP contribution in [-0.2, 0) is 43.5 Å². The second-order valence-electron chi connectivity index (χ2n) is 10.5. The van der Waals surface area contributed by atoms with Gasteiger partial charge in [0.1, 0.15) is 17.8 Å². The summed E-state index contributed by atoms with van der Waals surface area (Å²) in [5.74, 6) is 0. The average molecular weight is 765 g/mol. The zero-order chi connectivity index (χ0) is 27.5. The van der Waals surface area contributed by atoms with Gasteiger partial charge in [0, 0.05) is 39.9 Å². The van der Waals surface area contributed by atoms with Crippen LogP contribution < -0.4 is 5.32 Å². The zero-order valence-electron chi connectivity index (χ0n) is 23.3. The van der Waals surface area contributed by atoms with E-state index in [0.29, 0.717) is 26.4 Å². The molecule has 0 bridgehead atoms. The van der Waals surface area contributed by atoms with Gasteiger partial charge in [0.25, 0.3) is 0 Å². The molecule has 1 aliphatic heterocycles. The van der Waals surface area contributed by atoms with E-state index in [4.69, 9.17) is 23.7 Å². The normalized spacial score (nSPS) is 20.5. The van der Waals surface area contributed by atoms with Crippen molar-refractivity contribution in [2.45, 2.75) is 70.6 Å². The number of hydrogen-bond acceptors (Lipinski definition) is 6. The van der Waals surface area contributed by atoms with Crippen molar-refractivity contribution in [3.05, 3.63) is 114 Å². The number of amides is 1. The van der Waals surface area contributed by atoms with Gasteiger partial charge >= 0.3 is 6.09 Å². The van der Waals surface area contributed by atoms with E-state index in [1.807, 2.05) is 112 Å². The maximum atomic E-state index is 12.4. The third-order valence-corrected chi connectivity index (χ3v) is 6.07. The Hall–Kier alpha value is -1.91. The molecule has 8 heteroatoms. The van der Waals surface area contributed by atoms with E-state index in [2.05, 4.69) is 5.32 Å². The largest absolute Gasteiger partial charge is 0.468 e. The Kier molecular flexibility index (Phi) is 13.5. The van der Waals surface area contributed by atoms with Crippen LogP contribution in [-0.4, -0.2) is 42.7 Å². The molecule has 1 aliphatic rings. The van der Waals surface area contributed by atoms with Crippen molar-refractivity contribution in [2.24, 2.45) is 0 Å². The Morgan fingerprint density at radius 3 is 1.75 bits per heavy atom. The van der Waals surface area contributed by atoms with Crippen LogP contribution in [0.5, 0.6) is 0 Å². The quantitative estimate of drug-likeness (QED) is 0.234. The molecule has 0 aliphatic carbocycles. The topological polar surface area (TPSA) is 75.3 Å². The molecule has 7 nitrogen and oxygen atoms in total. The Balaban J connectivity index is 0.00000441. The van der Waals surface area contributed by atoms with Crippen molar-refractivity contribution >= 4 is 6.09 Å². The summed E-state index contributed by atoms with van der Waals surface area (Å²) in [5.41, 5.74) is 2.53. The predicted octanol–water partition coefficient (Wildman–Crippen LogP) is 5.83. The van der Waals surface area contributed by atoms with Crippen LogP contribution >= 0.6 is 0 Å². The van der Waals surface area contributed by atoms with Gasteiger partial charge in [0.05, 0.1) is 32.5 Å². The smallest absolute Gasteiger partial charge is 0.378 e. The van der Waals surface area contributed by atoms with Gasteiger partial charge in [-0.1, -0.05) is 91.0 Å². The molecule has 0 radical (unpaired) electrons. The Labute approximate surface area is 269 Å².